The number of benzene rings is 1. The van der Waals surface area contributed by atoms with Crippen LogP contribution in [0.5, 0.6) is 0 Å². The van der Waals surface area contributed by atoms with Crippen LogP contribution in [0.2, 0.25) is 0 Å². The van der Waals surface area contributed by atoms with Crippen molar-refractivity contribution in [3.63, 3.8) is 0 Å². The van der Waals surface area contributed by atoms with E-state index < -0.39 is 6.03 Å². The third kappa shape index (κ3) is 2.28. The number of piperazine rings is 1. The molecule has 2 aromatic rings. The fourth-order valence-corrected chi connectivity index (χ4v) is 3.97. The molecule has 3 amide bonds. The first-order chi connectivity index (χ1) is 12.1. The highest BCUT2D eigenvalue weighted by Crippen LogP contribution is 2.37. The van der Waals surface area contributed by atoms with E-state index in [2.05, 4.69) is 32.8 Å². The van der Waals surface area contributed by atoms with Gasteiger partial charge < -0.3 is 10.2 Å². The number of urea groups is 1. The van der Waals surface area contributed by atoms with Crippen LogP contribution in [-0.2, 0) is 11.8 Å². The van der Waals surface area contributed by atoms with Crippen LogP contribution in [0.25, 0.3) is 10.9 Å². The average molecular weight is 340 g/mol. The largest absolute Gasteiger partial charge is 0.366 e. The summed E-state index contributed by atoms with van der Waals surface area (Å²) < 4.78 is 1.81. The van der Waals surface area contributed by atoms with Gasteiger partial charge in [0, 0.05) is 56.3 Å². The van der Waals surface area contributed by atoms with Gasteiger partial charge in [-0.15, -0.1) is 0 Å². The molecule has 0 spiro atoms. The predicted octanol–water partition coefficient (Wildman–Crippen LogP) is 0.570. The zero-order valence-corrected chi connectivity index (χ0v) is 14.0. The van der Waals surface area contributed by atoms with Crippen LogP contribution in [0.3, 0.4) is 0 Å². The van der Waals surface area contributed by atoms with E-state index in [-0.39, 0.29) is 5.91 Å². The minimum atomic E-state index is -0.400. The van der Waals surface area contributed by atoms with Gasteiger partial charge in [-0.2, -0.15) is 5.10 Å². The Balaban J connectivity index is 1.52. The van der Waals surface area contributed by atoms with Gasteiger partial charge in [0.15, 0.2) is 5.82 Å². The molecule has 130 valence electrons. The fraction of sp³-hybridized carbons (Fsp3) is 0.471. The van der Waals surface area contributed by atoms with E-state index in [0.29, 0.717) is 30.9 Å². The third-order valence-electron chi connectivity index (χ3n) is 5.37. The smallest absolute Gasteiger partial charge is 0.329 e. The Hall–Kier alpha value is -2.61. The molecule has 1 aliphatic carbocycles. The lowest BCUT2D eigenvalue weighted by molar-refractivity contribution is -0.120. The highest BCUT2D eigenvalue weighted by Gasteiger charge is 2.44. The monoisotopic (exact) mass is 340 g/mol. The maximum atomic E-state index is 12.2. The molecular formula is C17H20N6O2. The summed E-state index contributed by atoms with van der Waals surface area (Å²) in [7, 11) is 1.89. The lowest BCUT2D eigenvalue weighted by Gasteiger charge is -2.29. The van der Waals surface area contributed by atoms with Crippen molar-refractivity contribution >= 4 is 34.3 Å². The normalized spacial score (nSPS) is 26.0. The number of hydrogen-bond acceptors (Lipinski definition) is 5. The number of aryl methyl sites for hydroxylation is 1. The lowest BCUT2D eigenvalue weighted by Crippen LogP contribution is -2.49. The Labute approximate surface area is 144 Å². The molecule has 2 unspecified atom stereocenters. The number of aromatic nitrogens is 2. The summed E-state index contributed by atoms with van der Waals surface area (Å²) in [5.74, 6) is 0.375. The molecule has 8 heteroatoms. The second-order valence-electron chi connectivity index (χ2n) is 6.96. The zero-order chi connectivity index (χ0) is 17.1. The first kappa shape index (κ1) is 14.7. The van der Waals surface area contributed by atoms with Gasteiger partial charge in [-0.3, -0.25) is 19.7 Å². The molecule has 3 heterocycles. The van der Waals surface area contributed by atoms with E-state index in [0.717, 1.165) is 24.0 Å². The van der Waals surface area contributed by atoms with Gasteiger partial charge in [0.25, 0.3) is 0 Å². The van der Waals surface area contributed by atoms with E-state index in [1.54, 1.807) is 4.90 Å². The minimum absolute atomic E-state index is 0.235. The van der Waals surface area contributed by atoms with Crippen molar-refractivity contribution in [2.24, 2.45) is 7.05 Å². The minimum Gasteiger partial charge on any atom is -0.366 e. The Kier molecular flexibility index (Phi) is 3.05. The topological polar surface area (TPSA) is 82.5 Å². The predicted molar refractivity (Wildman–Crippen MR) is 93.8 cm³/mol. The Morgan fingerprint density at radius 2 is 2.12 bits per heavy atom. The van der Waals surface area contributed by atoms with Crippen LogP contribution in [0, 0.1) is 0 Å². The number of anilines is 2. The molecule has 3 aliphatic rings. The molecule has 1 saturated carbocycles. The van der Waals surface area contributed by atoms with Crippen LogP contribution < -0.4 is 20.4 Å². The molecule has 3 fully saturated rings. The van der Waals surface area contributed by atoms with Crippen molar-refractivity contribution in [3.8, 4) is 0 Å². The summed E-state index contributed by atoms with van der Waals surface area (Å²) in [6.45, 7) is 2.38. The van der Waals surface area contributed by atoms with Crippen LogP contribution in [0.4, 0.5) is 16.3 Å². The van der Waals surface area contributed by atoms with Gasteiger partial charge >= 0.3 is 6.03 Å². The van der Waals surface area contributed by atoms with Gasteiger partial charge in [0.1, 0.15) is 0 Å². The number of nitrogens with zero attached hydrogens (tertiary/aromatic N) is 4. The number of carbonyl (C=O) groups is 2. The summed E-state index contributed by atoms with van der Waals surface area (Å²) >= 11 is 0. The molecule has 0 radical (unpaired) electrons. The molecule has 5 rings (SSSR count). The van der Waals surface area contributed by atoms with Crippen LogP contribution >= 0.6 is 0 Å². The first-order valence-electron chi connectivity index (χ1n) is 8.70. The van der Waals surface area contributed by atoms with Crippen molar-refractivity contribution in [1.29, 1.82) is 0 Å². The molecule has 2 atom stereocenters. The fourth-order valence-electron chi connectivity index (χ4n) is 3.97. The first-order valence-corrected chi connectivity index (χ1v) is 8.70. The molecule has 1 aromatic carbocycles. The van der Waals surface area contributed by atoms with Crippen LogP contribution in [0.1, 0.15) is 12.8 Å². The SMILES string of the molecule is Cn1nc(N2CCC(=O)NC2=O)c2ccc(N3CCNC4CC43)cc21. The number of fused-ring (bicyclic) bond motifs is 2. The third-order valence-corrected chi connectivity index (χ3v) is 5.37. The highest BCUT2D eigenvalue weighted by atomic mass is 16.2. The summed E-state index contributed by atoms with van der Waals surface area (Å²) in [5.41, 5.74) is 2.20. The summed E-state index contributed by atoms with van der Waals surface area (Å²) in [4.78, 5) is 27.5. The van der Waals surface area contributed by atoms with Crippen LogP contribution in [-0.4, -0.2) is 53.4 Å². The van der Waals surface area contributed by atoms with E-state index in [1.165, 1.54) is 12.1 Å². The number of imide groups is 1. The lowest BCUT2D eigenvalue weighted by atomic mass is 10.2. The molecular weight excluding hydrogens is 320 g/mol. The van der Waals surface area contributed by atoms with Crippen molar-refractivity contribution in [3.05, 3.63) is 18.2 Å². The van der Waals surface area contributed by atoms with Crippen LogP contribution in [0.15, 0.2) is 18.2 Å². The van der Waals surface area contributed by atoms with Crippen molar-refractivity contribution in [2.75, 3.05) is 29.4 Å². The quantitative estimate of drug-likeness (QED) is 0.835. The number of amides is 3. The Morgan fingerprint density at radius 1 is 1.24 bits per heavy atom. The van der Waals surface area contributed by atoms with E-state index in [4.69, 9.17) is 0 Å². The molecule has 0 bridgehead atoms. The molecule has 25 heavy (non-hydrogen) atoms. The standard InChI is InChI=1S/C17H20N6O2/c1-21-13-8-10(22-7-5-18-12-9-14(12)22)2-3-11(13)16(20-21)23-6-4-15(24)19-17(23)25/h2-3,8,12,14,18H,4-7,9H2,1H3,(H,19,24,25). The van der Waals surface area contributed by atoms with Crippen molar-refractivity contribution in [2.45, 2.75) is 24.9 Å². The molecule has 2 saturated heterocycles. The summed E-state index contributed by atoms with van der Waals surface area (Å²) in [5, 5.41) is 11.4. The summed E-state index contributed by atoms with van der Waals surface area (Å²) in [6, 6.07) is 7.12. The zero-order valence-electron chi connectivity index (χ0n) is 14.0. The van der Waals surface area contributed by atoms with Gasteiger partial charge in [-0.1, -0.05) is 0 Å². The number of nitrogens with one attached hydrogen (secondary N) is 2. The van der Waals surface area contributed by atoms with Gasteiger partial charge in [-0.25, -0.2) is 4.79 Å². The number of carbonyl (C=O) groups excluding carboxylic acids is 2. The molecule has 8 nitrogen and oxygen atoms in total. The molecule has 1 aromatic heterocycles. The van der Waals surface area contributed by atoms with Gasteiger partial charge in [0.05, 0.1) is 5.52 Å². The Morgan fingerprint density at radius 3 is 2.96 bits per heavy atom. The van der Waals surface area contributed by atoms with Gasteiger partial charge in [0.2, 0.25) is 5.91 Å². The highest BCUT2D eigenvalue weighted by molar-refractivity contribution is 6.09. The maximum absolute atomic E-state index is 12.2. The Bertz CT molecular complexity index is 891. The number of hydrogen-bond donors (Lipinski definition) is 2. The van der Waals surface area contributed by atoms with Crippen molar-refractivity contribution in [1.82, 2.24) is 20.4 Å². The second-order valence-corrected chi connectivity index (χ2v) is 6.96. The maximum Gasteiger partial charge on any atom is 0.329 e. The number of rotatable bonds is 2. The van der Waals surface area contributed by atoms with Gasteiger partial charge in [-0.05, 0) is 24.6 Å². The average Bonchev–Trinajstić information content (AvgIpc) is 3.33. The molecule has 2 aliphatic heterocycles. The second kappa shape index (κ2) is 5.19. The van der Waals surface area contributed by atoms with Crippen molar-refractivity contribution < 1.29 is 9.59 Å². The van der Waals surface area contributed by atoms with E-state index in [9.17, 15) is 9.59 Å². The summed E-state index contributed by atoms with van der Waals surface area (Å²) in [6.07, 6.45) is 1.50. The van der Waals surface area contributed by atoms with E-state index >= 15 is 0 Å². The van der Waals surface area contributed by atoms with E-state index in [1.807, 2.05) is 17.8 Å². The molecule has 2 N–H and O–H groups in total.